The van der Waals surface area contributed by atoms with E-state index in [2.05, 4.69) is 28.3 Å². The van der Waals surface area contributed by atoms with Crippen molar-refractivity contribution in [1.82, 2.24) is 20.5 Å². The molecule has 0 bridgehead atoms. The van der Waals surface area contributed by atoms with E-state index in [1.54, 1.807) is 39.0 Å². The third-order valence-electron chi connectivity index (χ3n) is 4.11. The van der Waals surface area contributed by atoms with Crippen molar-refractivity contribution in [3.8, 4) is 6.07 Å². The van der Waals surface area contributed by atoms with Gasteiger partial charge in [0.05, 0.1) is 17.5 Å². The van der Waals surface area contributed by atoms with Gasteiger partial charge in [0.1, 0.15) is 29.5 Å². The van der Waals surface area contributed by atoms with Gasteiger partial charge in [0.2, 0.25) is 0 Å². The Balaban J connectivity index is 2.81. The first-order chi connectivity index (χ1) is 12.3. The molecule has 8 heteroatoms. The molecule has 3 N–H and O–H groups in total. The number of likely N-dealkylation sites (N-methyl/N-ethyl adjacent to an activating group) is 1. The van der Waals surface area contributed by atoms with Crippen LogP contribution in [-0.4, -0.2) is 42.6 Å². The molecule has 1 atom stereocenters. The van der Waals surface area contributed by atoms with Crippen LogP contribution < -0.4 is 10.6 Å². The summed E-state index contributed by atoms with van der Waals surface area (Å²) in [6.07, 6.45) is 4.60. The number of carbonyl (C=O) groups excluding carboxylic acids is 1. The van der Waals surface area contributed by atoms with Gasteiger partial charge < -0.3 is 24.7 Å². The van der Waals surface area contributed by atoms with Gasteiger partial charge in [-0.2, -0.15) is 5.26 Å². The SMILES string of the molecule is C=C(N/C(=C/NC)C(=N)N(C)CCC(C#N)(C=O)CC)c1coc(C)n1. The van der Waals surface area contributed by atoms with Crippen molar-refractivity contribution in [2.45, 2.75) is 26.7 Å². The number of hydrogen-bond acceptors (Lipinski definition) is 7. The lowest BCUT2D eigenvalue weighted by Gasteiger charge is -2.26. The molecule has 0 spiro atoms. The Bertz CT molecular complexity index is 730. The van der Waals surface area contributed by atoms with Crippen molar-refractivity contribution in [3.05, 3.63) is 36.3 Å². The molecule has 1 heterocycles. The summed E-state index contributed by atoms with van der Waals surface area (Å²) in [4.78, 5) is 17.1. The van der Waals surface area contributed by atoms with E-state index in [9.17, 15) is 10.1 Å². The van der Waals surface area contributed by atoms with E-state index in [4.69, 9.17) is 9.83 Å². The maximum absolute atomic E-state index is 11.3. The Kier molecular flexibility index (Phi) is 7.59. The van der Waals surface area contributed by atoms with E-state index in [0.29, 0.717) is 48.7 Å². The Morgan fingerprint density at radius 1 is 1.62 bits per heavy atom. The van der Waals surface area contributed by atoms with Crippen LogP contribution in [0.3, 0.4) is 0 Å². The highest BCUT2D eigenvalue weighted by molar-refractivity contribution is 5.96. The second kappa shape index (κ2) is 9.42. The van der Waals surface area contributed by atoms with E-state index in [0.717, 1.165) is 0 Å². The molecule has 1 unspecified atom stereocenters. The van der Waals surface area contributed by atoms with Crippen molar-refractivity contribution in [2.24, 2.45) is 5.41 Å². The smallest absolute Gasteiger partial charge is 0.191 e. The van der Waals surface area contributed by atoms with Gasteiger partial charge in [-0.15, -0.1) is 0 Å². The molecule has 0 saturated heterocycles. The normalized spacial score (nSPS) is 13.3. The third-order valence-corrected chi connectivity index (χ3v) is 4.11. The number of aldehydes is 1. The topological polar surface area (TPSA) is 118 Å². The minimum Gasteiger partial charge on any atom is -0.449 e. The van der Waals surface area contributed by atoms with Crippen LogP contribution in [0.2, 0.25) is 0 Å². The molecule has 0 aliphatic rings. The number of nitrogens with zero attached hydrogens (tertiary/aromatic N) is 3. The van der Waals surface area contributed by atoms with Gasteiger partial charge >= 0.3 is 0 Å². The van der Waals surface area contributed by atoms with Crippen molar-refractivity contribution in [1.29, 1.82) is 10.7 Å². The Hall–Kier alpha value is -3.08. The predicted molar refractivity (Wildman–Crippen MR) is 99.9 cm³/mol. The lowest BCUT2D eigenvalue weighted by atomic mass is 9.85. The zero-order valence-electron chi connectivity index (χ0n) is 15.7. The first kappa shape index (κ1) is 21.0. The van der Waals surface area contributed by atoms with E-state index < -0.39 is 5.41 Å². The molecular weight excluding hydrogens is 332 g/mol. The average Bonchev–Trinajstić information content (AvgIpc) is 3.08. The summed E-state index contributed by atoms with van der Waals surface area (Å²) in [6, 6.07) is 2.08. The van der Waals surface area contributed by atoms with Gasteiger partial charge in [-0.05, 0) is 12.8 Å². The highest BCUT2D eigenvalue weighted by atomic mass is 16.3. The van der Waals surface area contributed by atoms with E-state index in [-0.39, 0.29) is 5.84 Å². The fourth-order valence-electron chi connectivity index (χ4n) is 2.20. The second-order valence-electron chi connectivity index (χ2n) is 5.96. The first-order valence-corrected chi connectivity index (χ1v) is 8.26. The number of nitriles is 1. The lowest BCUT2D eigenvalue weighted by Crippen LogP contribution is -2.36. The van der Waals surface area contributed by atoms with Crippen LogP contribution in [0.5, 0.6) is 0 Å². The predicted octanol–water partition coefficient (Wildman–Crippen LogP) is 2.02. The minimum atomic E-state index is -1.02. The molecule has 26 heavy (non-hydrogen) atoms. The van der Waals surface area contributed by atoms with Crippen LogP contribution in [0, 0.1) is 29.1 Å². The molecule has 0 aromatic carbocycles. The summed E-state index contributed by atoms with van der Waals surface area (Å²) in [5, 5.41) is 23.6. The van der Waals surface area contributed by atoms with Crippen LogP contribution in [0.4, 0.5) is 0 Å². The van der Waals surface area contributed by atoms with Crippen molar-refractivity contribution in [3.63, 3.8) is 0 Å². The fraction of sp³-hybridized carbons (Fsp3) is 0.444. The van der Waals surface area contributed by atoms with Gasteiger partial charge in [0.15, 0.2) is 5.89 Å². The Morgan fingerprint density at radius 2 is 2.31 bits per heavy atom. The second-order valence-corrected chi connectivity index (χ2v) is 5.96. The fourth-order valence-corrected chi connectivity index (χ4v) is 2.20. The molecule has 0 aliphatic heterocycles. The molecule has 0 amide bonds. The van der Waals surface area contributed by atoms with Gasteiger partial charge in [0.25, 0.3) is 0 Å². The molecule has 0 saturated carbocycles. The van der Waals surface area contributed by atoms with Crippen LogP contribution in [0.15, 0.2) is 29.2 Å². The van der Waals surface area contributed by atoms with Crippen LogP contribution >= 0.6 is 0 Å². The van der Waals surface area contributed by atoms with Crippen molar-refractivity contribution >= 4 is 17.8 Å². The average molecular weight is 358 g/mol. The number of rotatable bonds is 10. The van der Waals surface area contributed by atoms with Crippen LogP contribution in [-0.2, 0) is 4.79 Å². The van der Waals surface area contributed by atoms with E-state index >= 15 is 0 Å². The lowest BCUT2D eigenvalue weighted by molar-refractivity contribution is -0.114. The largest absolute Gasteiger partial charge is 0.449 e. The standard InChI is InChI=1S/C18H26N6O2/c1-6-18(11-19,12-25)7-8-24(5)17(20)15(9-21-4)22-13(2)16-10-26-14(3)23-16/h9-10,12,20-22H,2,6-8H2,1,3-5H3/b15-9+,20-17?. The van der Waals surface area contributed by atoms with Gasteiger partial charge in [0, 0.05) is 33.8 Å². The third kappa shape index (κ3) is 5.21. The van der Waals surface area contributed by atoms with Crippen LogP contribution in [0.25, 0.3) is 5.70 Å². The molecule has 0 fully saturated rings. The maximum Gasteiger partial charge on any atom is 0.191 e. The quantitative estimate of drug-likeness (QED) is 0.333. The summed E-state index contributed by atoms with van der Waals surface area (Å²) in [5.41, 5.74) is 0.506. The van der Waals surface area contributed by atoms with Crippen LogP contribution in [0.1, 0.15) is 31.4 Å². The summed E-state index contributed by atoms with van der Waals surface area (Å²) in [7, 11) is 3.46. The first-order valence-electron chi connectivity index (χ1n) is 8.26. The molecular formula is C18H26N6O2. The minimum absolute atomic E-state index is 0.189. The molecule has 0 aliphatic carbocycles. The molecule has 1 aromatic rings. The van der Waals surface area contributed by atoms with Gasteiger partial charge in [-0.3, -0.25) is 5.41 Å². The molecule has 1 aromatic heterocycles. The Labute approximate surface area is 154 Å². The number of aryl methyl sites for hydroxylation is 1. The highest BCUT2D eigenvalue weighted by Crippen LogP contribution is 2.23. The summed E-state index contributed by atoms with van der Waals surface area (Å²) in [5.74, 6) is 0.713. The number of oxazole rings is 1. The number of nitrogens with one attached hydrogen (secondary N) is 3. The highest BCUT2D eigenvalue weighted by Gasteiger charge is 2.28. The van der Waals surface area contributed by atoms with E-state index in [1.807, 2.05) is 0 Å². The van der Waals surface area contributed by atoms with Crippen molar-refractivity contribution in [2.75, 3.05) is 20.6 Å². The number of hydrogen-bond donors (Lipinski definition) is 3. The monoisotopic (exact) mass is 358 g/mol. The van der Waals surface area contributed by atoms with Gasteiger partial charge in [-0.25, -0.2) is 4.98 Å². The maximum atomic E-state index is 11.3. The zero-order chi connectivity index (χ0) is 19.7. The molecule has 140 valence electrons. The Morgan fingerprint density at radius 3 is 2.77 bits per heavy atom. The summed E-state index contributed by atoms with van der Waals surface area (Å²) >= 11 is 0. The van der Waals surface area contributed by atoms with Gasteiger partial charge in [-0.1, -0.05) is 13.5 Å². The summed E-state index contributed by atoms with van der Waals surface area (Å²) < 4.78 is 5.17. The molecule has 8 nitrogen and oxygen atoms in total. The summed E-state index contributed by atoms with van der Waals surface area (Å²) in [6.45, 7) is 7.85. The zero-order valence-corrected chi connectivity index (χ0v) is 15.7. The molecule has 1 rings (SSSR count). The number of carbonyl (C=O) groups is 1. The van der Waals surface area contributed by atoms with Crippen molar-refractivity contribution < 1.29 is 9.21 Å². The number of aromatic nitrogens is 1. The van der Waals surface area contributed by atoms with E-state index in [1.165, 1.54) is 6.26 Å². The number of amidine groups is 1. The molecule has 0 radical (unpaired) electrons.